The Kier molecular flexibility index (Phi) is 3.38. The maximum absolute atomic E-state index is 13.1. The first-order chi connectivity index (χ1) is 6.56. The number of rotatable bonds is 3. The molecule has 0 aliphatic carbocycles. The minimum atomic E-state index is -0.921. The van der Waals surface area contributed by atoms with Crippen LogP contribution in [0.5, 0.6) is 5.75 Å². The van der Waals surface area contributed by atoms with Crippen LogP contribution in [0.1, 0.15) is 18.0 Å². The zero-order valence-corrected chi connectivity index (χ0v) is 7.37. The zero-order chi connectivity index (χ0) is 10.7. The minimum Gasteiger partial charge on any atom is -0.505 e. The Morgan fingerprint density at radius 2 is 1.93 bits per heavy atom. The van der Waals surface area contributed by atoms with Crippen molar-refractivity contribution in [1.29, 1.82) is 0 Å². The quantitative estimate of drug-likeness (QED) is 0.688. The molecule has 0 aromatic heterocycles. The van der Waals surface area contributed by atoms with E-state index in [-0.39, 0.29) is 18.6 Å². The molecule has 1 aromatic rings. The first kappa shape index (κ1) is 10.9. The lowest BCUT2D eigenvalue weighted by atomic mass is 10.0. The van der Waals surface area contributed by atoms with Crippen molar-refractivity contribution in [2.24, 2.45) is 5.73 Å². The highest BCUT2D eigenvalue weighted by Crippen LogP contribution is 2.24. The molecule has 4 N–H and O–H groups in total. The zero-order valence-electron chi connectivity index (χ0n) is 7.37. The van der Waals surface area contributed by atoms with Gasteiger partial charge in [0.1, 0.15) is 5.82 Å². The number of halogens is 2. The van der Waals surface area contributed by atoms with E-state index >= 15 is 0 Å². The van der Waals surface area contributed by atoms with Gasteiger partial charge in [-0.2, -0.15) is 0 Å². The summed E-state index contributed by atoms with van der Waals surface area (Å²) >= 11 is 0. The molecule has 0 radical (unpaired) electrons. The molecule has 0 bridgehead atoms. The van der Waals surface area contributed by atoms with Gasteiger partial charge in [-0.05, 0) is 12.5 Å². The molecular weight excluding hydrogens is 192 g/mol. The van der Waals surface area contributed by atoms with E-state index in [1.807, 2.05) is 0 Å². The van der Waals surface area contributed by atoms with E-state index in [1.54, 1.807) is 0 Å². The molecule has 0 saturated carbocycles. The number of hydrogen-bond donors (Lipinski definition) is 3. The van der Waals surface area contributed by atoms with Crippen LogP contribution in [-0.4, -0.2) is 16.8 Å². The lowest BCUT2D eigenvalue weighted by Gasteiger charge is -2.11. The van der Waals surface area contributed by atoms with Crippen LogP contribution >= 0.6 is 0 Å². The largest absolute Gasteiger partial charge is 0.505 e. The third-order valence-corrected chi connectivity index (χ3v) is 1.91. The Balaban J connectivity index is 3.02. The van der Waals surface area contributed by atoms with Crippen LogP contribution in [-0.2, 0) is 0 Å². The van der Waals surface area contributed by atoms with Crippen molar-refractivity contribution in [2.75, 3.05) is 6.61 Å². The molecule has 1 aromatic carbocycles. The van der Waals surface area contributed by atoms with Gasteiger partial charge in [-0.15, -0.1) is 0 Å². The summed E-state index contributed by atoms with van der Waals surface area (Å²) in [5.41, 5.74) is 5.43. The second-order valence-electron chi connectivity index (χ2n) is 2.94. The van der Waals surface area contributed by atoms with Crippen molar-refractivity contribution < 1.29 is 19.0 Å². The van der Waals surface area contributed by atoms with Gasteiger partial charge in [0, 0.05) is 24.3 Å². The highest BCUT2D eigenvalue weighted by atomic mass is 19.1. The van der Waals surface area contributed by atoms with Gasteiger partial charge in [0.2, 0.25) is 0 Å². The molecule has 14 heavy (non-hydrogen) atoms. The average molecular weight is 203 g/mol. The normalized spacial score (nSPS) is 12.9. The van der Waals surface area contributed by atoms with Crippen molar-refractivity contribution in [2.45, 2.75) is 12.5 Å². The standard InChI is InChI=1S/C9H11F2NO2/c10-6-4-9(14)7(11)3-5(6)8(12)1-2-13/h3-4,8,13-14H,1-2,12H2/t8-/m1/s1. The molecule has 0 spiro atoms. The van der Waals surface area contributed by atoms with Crippen LogP contribution in [0.25, 0.3) is 0 Å². The third kappa shape index (κ3) is 2.18. The Morgan fingerprint density at radius 3 is 2.50 bits per heavy atom. The van der Waals surface area contributed by atoms with E-state index in [0.29, 0.717) is 6.07 Å². The monoisotopic (exact) mass is 203 g/mol. The number of phenolic OH excluding ortho intramolecular Hbond substituents is 1. The molecule has 0 heterocycles. The first-order valence-corrected chi connectivity index (χ1v) is 4.10. The van der Waals surface area contributed by atoms with Crippen LogP contribution in [0, 0.1) is 11.6 Å². The molecule has 0 aliphatic heterocycles. The second-order valence-corrected chi connectivity index (χ2v) is 2.94. The summed E-state index contributed by atoms with van der Waals surface area (Å²) in [4.78, 5) is 0. The lowest BCUT2D eigenvalue weighted by Crippen LogP contribution is -2.14. The smallest absolute Gasteiger partial charge is 0.165 e. The summed E-state index contributed by atoms with van der Waals surface area (Å²) in [6.07, 6.45) is 0.140. The van der Waals surface area contributed by atoms with E-state index < -0.39 is 23.4 Å². The van der Waals surface area contributed by atoms with Crippen molar-refractivity contribution in [3.63, 3.8) is 0 Å². The van der Waals surface area contributed by atoms with Crippen LogP contribution in [0.3, 0.4) is 0 Å². The van der Waals surface area contributed by atoms with Gasteiger partial charge in [0.15, 0.2) is 11.6 Å². The molecule has 0 aliphatic rings. The number of aliphatic hydroxyl groups excluding tert-OH is 1. The van der Waals surface area contributed by atoms with Gasteiger partial charge in [-0.25, -0.2) is 8.78 Å². The van der Waals surface area contributed by atoms with Gasteiger partial charge in [0.05, 0.1) is 0 Å². The topological polar surface area (TPSA) is 66.5 Å². The Bertz CT molecular complexity index is 331. The van der Waals surface area contributed by atoms with E-state index in [0.717, 1.165) is 6.07 Å². The second kappa shape index (κ2) is 4.34. The van der Waals surface area contributed by atoms with Gasteiger partial charge >= 0.3 is 0 Å². The number of benzene rings is 1. The number of aromatic hydroxyl groups is 1. The van der Waals surface area contributed by atoms with Crippen LogP contribution in [0.15, 0.2) is 12.1 Å². The maximum atomic E-state index is 13.1. The van der Waals surface area contributed by atoms with Gasteiger partial charge in [-0.1, -0.05) is 0 Å². The molecule has 0 fully saturated rings. The molecule has 1 rings (SSSR count). The first-order valence-electron chi connectivity index (χ1n) is 4.10. The van der Waals surface area contributed by atoms with Crippen molar-refractivity contribution in [3.05, 3.63) is 29.3 Å². The predicted molar refractivity (Wildman–Crippen MR) is 46.7 cm³/mol. The average Bonchev–Trinajstić information content (AvgIpc) is 2.11. The van der Waals surface area contributed by atoms with Gasteiger partial charge in [-0.3, -0.25) is 0 Å². The maximum Gasteiger partial charge on any atom is 0.165 e. The summed E-state index contributed by atoms with van der Waals surface area (Å²) in [6.45, 7) is -0.205. The van der Waals surface area contributed by atoms with Crippen molar-refractivity contribution in [1.82, 2.24) is 0 Å². The van der Waals surface area contributed by atoms with E-state index in [1.165, 1.54) is 0 Å². The highest BCUT2D eigenvalue weighted by Gasteiger charge is 2.14. The van der Waals surface area contributed by atoms with Gasteiger partial charge < -0.3 is 15.9 Å². The van der Waals surface area contributed by atoms with Crippen LogP contribution < -0.4 is 5.73 Å². The summed E-state index contributed by atoms with van der Waals surface area (Å²) in [5.74, 6) is -2.44. The molecule has 0 amide bonds. The highest BCUT2D eigenvalue weighted by molar-refractivity contribution is 5.31. The Morgan fingerprint density at radius 1 is 1.29 bits per heavy atom. The molecule has 0 saturated heterocycles. The fourth-order valence-electron chi connectivity index (χ4n) is 1.13. The fourth-order valence-corrected chi connectivity index (χ4v) is 1.13. The van der Waals surface area contributed by atoms with E-state index in [4.69, 9.17) is 15.9 Å². The molecule has 1 atom stereocenters. The summed E-state index contributed by atoms with van der Waals surface area (Å²) < 4.78 is 25.9. The fraction of sp³-hybridized carbons (Fsp3) is 0.333. The number of aliphatic hydroxyl groups is 1. The van der Waals surface area contributed by atoms with Crippen LogP contribution in [0.4, 0.5) is 8.78 Å². The molecule has 0 unspecified atom stereocenters. The summed E-state index contributed by atoms with van der Waals surface area (Å²) in [6, 6.07) is 0.738. The molecule has 3 nitrogen and oxygen atoms in total. The van der Waals surface area contributed by atoms with Gasteiger partial charge in [0.25, 0.3) is 0 Å². The lowest BCUT2D eigenvalue weighted by molar-refractivity contribution is 0.275. The van der Waals surface area contributed by atoms with E-state index in [9.17, 15) is 8.78 Å². The molecule has 78 valence electrons. The Hall–Kier alpha value is -1.20. The molecule has 5 heteroatoms. The third-order valence-electron chi connectivity index (χ3n) is 1.91. The van der Waals surface area contributed by atoms with Crippen molar-refractivity contribution >= 4 is 0 Å². The number of hydrogen-bond acceptors (Lipinski definition) is 3. The molecular formula is C9H11F2NO2. The van der Waals surface area contributed by atoms with Crippen molar-refractivity contribution in [3.8, 4) is 5.75 Å². The minimum absolute atomic E-state index is 0.0469. The summed E-state index contributed by atoms with van der Waals surface area (Å²) in [5, 5.41) is 17.4. The Labute approximate surface area is 79.8 Å². The summed E-state index contributed by atoms with van der Waals surface area (Å²) in [7, 11) is 0. The van der Waals surface area contributed by atoms with Crippen LogP contribution in [0.2, 0.25) is 0 Å². The van der Waals surface area contributed by atoms with E-state index in [2.05, 4.69) is 0 Å². The SMILES string of the molecule is N[C@H](CCO)c1cc(F)c(O)cc1F. The predicted octanol–water partition coefficient (Wildman–Crippen LogP) is 1.05. The number of nitrogens with two attached hydrogens (primary N) is 1. The number of phenols is 1.